The average Bonchev–Trinajstić information content (AvgIpc) is 3.12. The Hall–Kier alpha value is -3.60. The lowest BCUT2D eigenvalue weighted by Crippen LogP contribution is -2.20. The van der Waals surface area contributed by atoms with E-state index in [1.54, 1.807) is 6.07 Å². The van der Waals surface area contributed by atoms with Crippen LogP contribution in [0.2, 0.25) is 0 Å². The fourth-order valence-electron chi connectivity index (χ4n) is 3.62. The van der Waals surface area contributed by atoms with Gasteiger partial charge in [0.2, 0.25) is 0 Å². The summed E-state index contributed by atoms with van der Waals surface area (Å²) in [5.74, 6) is -0.731. The Morgan fingerprint density at radius 1 is 0.800 bits per heavy atom. The largest absolute Gasteiger partial charge is 0.399 e. The minimum absolute atomic E-state index is 0.362. The first kappa shape index (κ1) is 13.8. The SMILES string of the molecule is Nc1ccc2[nH]c3cc(-c4ccccc4)c4c(c3c2c1)C(=O)NC4=O. The standard InChI is InChI=1S/C20H13N3O2/c21-11-6-7-14-13(8-11)16-15(22-14)9-12(10-4-2-1-3-5-10)17-18(16)20(25)23-19(17)24/h1-9,22H,21H2,(H,23,24,25). The number of anilines is 1. The summed E-state index contributed by atoms with van der Waals surface area (Å²) in [6, 6.07) is 17.0. The molecule has 1 aliphatic heterocycles. The number of rotatable bonds is 1. The summed E-state index contributed by atoms with van der Waals surface area (Å²) in [6.07, 6.45) is 0. The normalized spacial score (nSPS) is 13.4. The van der Waals surface area contributed by atoms with Crippen molar-refractivity contribution < 1.29 is 9.59 Å². The molecule has 0 saturated carbocycles. The molecule has 0 radical (unpaired) electrons. The molecule has 1 aromatic heterocycles. The van der Waals surface area contributed by atoms with Gasteiger partial charge in [0, 0.05) is 27.5 Å². The first-order chi connectivity index (χ1) is 12.1. The number of nitrogen functional groups attached to an aromatic ring is 1. The van der Waals surface area contributed by atoms with E-state index < -0.39 is 0 Å². The number of nitrogens with one attached hydrogen (secondary N) is 2. The molecule has 0 atom stereocenters. The number of imide groups is 1. The number of carbonyl (C=O) groups is 2. The number of nitrogens with two attached hydrogens (primary N) is 1. The van der Waals surface area contributed by atoms with Crippen LogP contribution in [0.3, 0.4) is 0 Å². The third-order valence-corrected chi connectivity index (χ3v) is 4.68. The van der Waals surface area contributed by atoms with E-state index >= 15 is 0 Å². The van der Waals surface area contributed by atoms with Crippen LogP contribution in [-0.2, 0) is 0 Å². The first-order valence-corrected chi connectivity index (χ1v) is 7.92. The summed E-state index contributed by atoms with van der Waals surface area (Å²) in [6.45, 7) is 0. The highest BCUT2D eigenvalue weighted by Crippen LogP contribution is 2.39. The van der Waals surface area contributed by atoms with E-state index in [1.165, 1.54) is 0 Å². The summed E-state index contributed by atoms with van der Waals surface area (Å²) < 4.78 is 0. The monoisotopic (exact) mass is 327 g/mol. The number of aromatic nitrogens is 1. The van der Waals surface area contributed by atoms with Gasteiger partial charge in [-0.1, -0.05) is 30.3 Å². The van der Waals surface area contributed by atoms with Crippen molar-refractivity contribution in [2.24, 2.45) is 0 Å². The fraction of sp³-hybridized carbons (Fsp3) is 0. The predicted octanol–water partition coefficient (Wildman–Crippen LogP) is 3.45. The Morgan fingerprint density at radius 2 is 1.56 bits per heavy atom. The van der Waals surface area contributed by atoms with Crippen molar-refractivity contribution in [3.05, 3.63) is 65.7 Å². The molecule has 0 unspecified atom stereocenters. The van der Waals surface area contributed by atoms with Crippen LogP contribution in [0, 0.1) is 0 Å². The molecule has 2 heterocycles. The van der Waals surface area contributed by atoms with Crippen LogP contribution in [0.15, 0.2) is 54.6 Å². The quantitative estimate of drug-likeness (QED) is 0.369. The van der Waals surface area contributed by atoms with E-state index in [2.05, 4.69) is 10.3 Å². The van der Waals surface area contributed by atoms with Crippen molar-refractivity contribution in [1.82, 2.24) is 10.3 Å². The van der Waals surface area contributed by atoms with Gasteiger partial charge in [-0.05, 0) is 35.4 Å². The second-order valence-electron chi connectivity index (χ2n) is 6.18. The van der Waals surface area contributed by atoms with Crippen molar-refractivity contribution in [3.8, 4) is 11.1 Å². The molecule has 0 fully saturated rings. The molecular formula is C20H13N3O2. The molecule has 0 aliphatic carbocycles. The van der Waals surface area contributed by atoms with E-state index in [0.717, 1.165) is 32.9 Å². The van der Waals surface area contributed by atoms with Crippen LogP contribution in [0.4, 0.5) is 5.69 Å². The third kappa shape index (κ3) is 1.83. The van der Waals surface area contributed by atoms with Crippen molar-refractivity contribution in [2.45, 2.75) is 0 Å². The fourth-order valence-corrected chi connectivity index (χ4v) is 3.62. The van der Waals surface area contributed by atoms with Crippen LogP contribution in [0.5, 0.6) is 0 Å². The topological polar surface area (TPSA) is 88.0 Å². The van der Waals surface area contributed by atoms with Crippen molar-refractivity contribution in [3.63, 3.8) is 0 Å². The van der Waals surface area contributed by atoms with Crippen LogP contribution >= 0.6 is 0 Å². The van der Waals surface area contributed by atoms with Gasteiger partial charge in [0.25, 0.3) is 11.8 Å². The Labute approximate surface area is 142 Å². The molecule has 120 valence electrons. The van der Waals surface area contributed by atoms with Crippen molar-refractivity contribution in [1.29, 1.82) is 0 Å². The first-order valence-electron chi connectivity index (χ1n) is 7.92. The van der Waals surface area contributed by atoms with E-state index in [-0.39, 0.29) is 11.8 Å². The molecule has 3 aromatic carbocycles. The number of carbonyl (C=O) groups excluding carboxylic acids is 2. The van der Waals surface area contributed by atoms with Crippen LogP contribution in [-0.4, -0.2) is 16.8 Å². The smallest absolute Gasteiger partial charge is 0.259 e. The highest BCUT2D eigenvalue weighted by atomic mass is 16.2. The van der Waals surface area contributed by atoms with Gasteiger partial charge in [0.05, 0.1) is 11.1 Å². The van der Waals surface area contributed by atoms with Gasteiger partial charge in [-0.25, -0.2) is 0 Å². The summed E-state index contributed by atoms with van der Waals surface area (Å²) in [5, 5.41) is 4.01. The highest BCUT2D eigenvalue weighted by Gasteiger charge is 2.33. The average molecular weight is 327 g/mol. The number of hydrogen-bond acceptors (Lipinski definition) is 3. The van der Waals surface area contributed by atoms with E-state index in [9.17, 15) is 9.59 Å². The maximum absolute atomic E-state index is 12.5. The second-order valence-corrected chi connectivity index (χ2v) is 6.18. The summed E-state index contributed by atoms with van der Waals surface area (Å²) in [7, 11) is 0. The molecule has 0 bridgehead atoms. The van der Waals surface area contributed by atoms with Crippen molar-refractivity contribution >= 4 is 39.3 Å². The zero-order valence-electron chi connectivity index (χ0n) is 13.1. The molecule has 0 saturated heterocycles. The molecule has 5 nitrogen and oxygen atoms in total. The van der Waals surface area contributed by atoms with E-state index in [1.807, 2.05) is 48.5 Å². The molecule has 4 N–H and O–H groups in total. The number of hydrogen-bond donors (Lipinski definition) is 3. The number of aromatic amines is 1. The zero-order chi connectivity index (χ0) is 17.1. The van der Waals surface area contributed by atoms with Gasteiger partial charge in [-0.2, -0.15) is 0 Å². The number of benzene rings is 3. The molecule has 4 aromatic rings. The van der Waals surface area contributed by atoms with E-state index in [4.69, 9.17) is 5.73 Å². The van der Waals surface area contributed by atoms with Gasteiger partial charge in [0.1, 0.15) is 0 Å². The summed E-state index contributed by atoms with van der Waals surface area (Å²) >= 11 is 0. The van der Waals surface area contributed by atoms with Gasteiger partial charge >= 0.3 is 0 Å². The maximum atomic E-state index is 12.5. The Balaban J connectivity index is 1.99. The van der Waals surface area contributed by atoms with Gasteiger partial charge < -0.3 is 10.7 Å². The zero-order valence-corrected chi connectivity index (χ0v) is 13.1. The molecule has 0 spiro atoms. The minimum atomic E-state index is -0.369. The Kier molecular flexibility index (Phi) is 2.60. The third-order valence-electron chi connectivity index (χ3n) is 4.68. The lowest BCUT2D eigenvalue weighted by atomic mass is 9.93. The van der Waals surface area contributed by atoms with Crippen molar-refractivity contribution in [2.75, 3.05) is 5.73 Å². The number of amides is 2. The maximum Gasteiger partial charge on any atom is 0.259 e. The molecule has 5 rings (SSSR count). The minimum Gasteiger partial charge on any atom is -0.399 e. The lowest BCUT2D eigenvalue weighted by molar-refractivity contribution is 0.0880. The van der Waals surface area contributed by atoms with E-state index in [0.29, 0.717) is 16.8 Å². The molecule has 2 amide bonds. The van der Waals surface area contributed by atoms with Crippen LogP contribution < -0.4 is 11.1 Å². The van der Waals surface area contributed by atoms with Gasteiger partial charge in [-0.3, -0.25) is 14.9 Å². The van der Waals surface area contributed by atoms with Crippen LogP contribution in [0.25, 0.3) is 32.9 Å². The number of H-pyrrole nitrogens is 1. The Morgan fingerprint density at radius 3 is 2.36 bits per heavy atom. The lowest BCUT2D eigenvalue weighted by Gasteiger charge is -2.08. The highest BCUT2D eigenvalue weighted by molar-refractivity contribution is 6.32. The van der Waals surface area contributed by atoms with Gasteiger partial charge in [0.15, 0.2) is 0 Å². The molecular weight excluding hydrogens is 314 g/mol. The summed E-state index contributed by atoms with van der Waals surface area (Å²) in [4.78, 5) is 28.3. The molecule has 25 heavy (non-hydrogen) atoms. The predicted molar refractivity (Wildman–Crippen MR) is 97.4 cm³/mol. The molecule has 5 heteroatoms. The molecule has 1 aliphatic rings. The Bertz CT molecular complexity index is 1210. The van der Waals surface area contributed by atoms with Crippen LogP contribution in [0.1, 0.15) is 20.7 Å². The summed E-state index contributed by atoms with van der Waals surface area (Å²) in [5.41, 5.74) is 10.7. The second kappa shape index (κ2) is 4.70. The number of fused-ring (bicyclic) bond motifs is 5. The van der Waals surface area contributed by atoms with Gasteiger partial charge in [-0.15, -0.1) is 0 Å².